The molecule has 3 aromatic rings. The quantitative estimate of drug-likeness (QED) is 0.707. The number of rotatable bonds is 5. The van der Waals surface area contributed by atoms with Gasteiger partial charge >= 0.3 is 0 Å². The number of hydrogen-bond donors (Lipinski definition) is 2. The molecule has 2 N–H and O–H groups in total. The minimum absolute atomic E-state index is 0.127. The number of nitrogens with zero attached hydrogens (tertiary/aromatic N) is 2. The molecule has 27 heavy (non-hydrogen) atoms. The highest BCUT2D eigenvalue weighted by atomic mass is 35.5. The van der Waals surface area contributed by atoms with E-state index >= 15 is 0 Å². The Morgan fingerprint density at radius 3 is 2.81 bits per heavy atom. The summed E-state index contributed by atoms with van der Waals surface area (Å²) < 4.78 is 0. The molecule has 1 heterocycles. The van der Waals surface area contributed by atoms with Gasteiger partial charge in [0.25, 0.3) is 5.56 Å². The molecule has 0 fully saturated rings. The first-order valence-electron chi connectivity index (χ1n) is 8.56. The van der Waals surface area contributed by atoms with Crippen LogP contribution in [-0.4, -0.2) is 34.4 Å². The van der Waals surface area contributed by atoms with Crippen molar-refractivity contribution in [3.63, 3.8) is 0 Å². The van der Waals surface area contributed by atoms with Gasteiger partial charge in [0.05, 0.1) is 24.0 Å². The number of fused-ring (bicyclic) bond motifs is 1. The van der Waals surface area contributed by atoms with Crippen molar-refractivity contribution < 1.29 is 4.79 Å². The summed E-state index contributed by atoms with van der Waals surface area (Å²) in [4.78, 5) is 33.5. The van der Waals surface area contributed by atoms with Gasteiger partial charge in [-0.1, -0.05) is 23.7 Å². The van der Waals surface area contributed by atoms with Crippen LogP contribution in [-0.2, 0) is 11.3 Å². The van der Waals surface area contributed by atoms with Crippen molar-refractivity contribution in [3.8, 4) is 0 Å². The fraction of sp³-hybridized carbons (Fsp3) is 0.250. The largest absolute Gasteiger partial charge is 0.325 e. The molecule has 0 saturated carbocycles. The van der Waals surface area contributed by atoms with Gasteiger partial charge in [0.2, 0.25) is 5.91 Å². The van der Waals surface area contributed by atoms with Crippen LogP contribution in [0.25, 0.3) is 10.9 Å². The number of carbonyl (C=O) groups excluding carboxylic acids is 1. The van der Waals surface area contributed by atoms with Crippen LogP contribution in [0.5, 0.6) is 0 Å². The number of anilines is 1. The Morgan fingerprint density at radius 2 is 2.04 bits per heavy atom. The van der Waals surface area contributed by atoms with Gasteiger partial charge in [-0.25, -0.2) is 4.98 Å². The van der Waals surface area contributed by atoms with Gasteiger partial charge in [0.1, 0.15) is 5.82 Å². The second kappa shape index (κ2) is 7.90. The molecular weight excluding hydrogens is 364 g/mol. The number of aromatic amines is 1. The maximum Gasteiger partial charge on any atom is 0.258 e. The number of carbonyl (C=O) groups is 1. The monoisotopic (exact) mass is 384 g/mol. The molecule has 0 aliphatic rings. The number of likely N-dealkylation sites (N-methyl/N-ethyl adjacent to an activating group) is 1. The summed E-state index contributed by atoms with van der Waals surface area (Å²) in [6.07, 6.45) is 0. The van der Waals surface area contributed by atoms with Gasteiger partial charge in [-0.3, -0.25) is 14.5 Å². The van der Waals surface area contributed by atoms with Gasteiger partial charge in [0, 0.05) is 10.7 Å². The predicted octanol–water partition coefficient (Wildman–Crippen LogP) is 3.26. The first kappa shape index (κ1) is 19.1. The predicted molar refractivity (Wildman–Crippen MR) is 108 cm³/mol. The lowest BCUT2D eigenvalue weighted by Crippen LogP contribution is -2.31. The van der Waals surface area contributed by atoms with Gasteiger partial charge in [-0.05, 0) is 56.3 Å². The molecule has 0 unspecified atom stereocenters. The summed E-state index contributed by atoms with van der Waals surface area (Å²) in [5.41, 5.74) is 3.29. The Balaban J connectivity index is 1.69. The lowest BCUT2D eigenvalue weighted by Gasteiger charge is -2.17. The molecule has 0 aliphatic heterocycles. The Kier molecular flexibility index (Phi) is 5.58. The smallest absolute Gasteiger partial charge is 0.258 e. The van der Waals surface area contributed by atoms with Crippen LogP contribution in [0.2, 0.25) is 5.02 Å². The van der Waals surface area contributed by atoms with Crippen LogP contribution in [0, 0.1) is 13.8 Å². The summed E-state index contributed by atoms with van der Waals surface area (Å²) >= 11 is 5.98. The third-order valence-corrected chi connectivity index (χ3v) is 4.66. The molecule has 0 spiro atoms. The fourth-order valence-corrected chi connectivity index (χ4v) is 3.04. The highest BCUT2D eigenvalue weighted by molar-refractivity contribution is 6.31. The number of nitrogens with one attached hydrogen (secondary N) is 2. The Morgan fingerprint density at radius 1 is 1.26 bits per heavy atom. The number of aromatic nitrogens is 2. The summed E-state index contributed by atoms with van der Waals surface area (Å²) in [6.45, 7) is 4.48. The van der Waals surface area contributed by atoms with Gasteiger partial charge < -0.3 is 10.3 Å². The Bertz CT molecular complexity index is 1060. The van der Waals surface area contributed by atoms with Crippen molar-refractivity contribution in [2.75, 3.05) is 18.9 Å². The van der Waals surface area contributed by atoms with Crippen molar-refractivity contribution in [1.82, 2.24) is 14.9 Å². The molecule has 0 aliphatic carbocycles. The zero-order valence-corrected chi connectivity index (χ0v) is 16.2. The molecule has 0 saturated heterocycles. The van der Waals surface area contributed by atoms with E-state index in [1.54, 1.807) is 30.1 Å². The van der Waals surface area contributed by atoms with Gasteiger partial charge in [0.15, 0.2) is 0 Å². The number of hydrogen-bond acceptors (Lipinski definition) is 4. The molecule has 1 aromatic heterocycles. The van der Waals surface area contributed by atoms with Crippen molar-refractivity contribution in [1.29, 1.82) is 0 Å². The molecule has 6 nitrogen and oxygen atoms in total. The van der Waals surface area contributed by atoms with E-state index in [0.29, 0.717) is 28.3 Å². The van der Waals surface area contributed by atoms with Crippen molar-refractivity contribution in [3.05, 3.63) is 68.7 Å². The highest BCUT2D eigenvalue weighted by Crippen LogP contribution is 2.18. The standard InChI is InChI=1S/C20H21ClN4O2/c1-12-5-4-6-16(13(12)2)23-19(26)11-25(3)10-18-22-17-9-14(21)7-8-15(17)20(27)24-18/h4-9H,10-11H2,1-3H3,(H,23,26)(H,22,24,27). The minimum Gasteiger partial charge on any atom is -0.325 e. The summed E-state index contributed by atoms with van der Waals surface area (Å²) in [5, 5.41) is 3.93. The molecular formula is C20H21ClN4O2. The molecule has 140 valence electrons. The van der Waals surface area contributed by atoms with E-state index in [4.69, 9.17) is 11.6 Å². The van der Waals surface area contributed by atoms with Gasteiger partial charge in [-0.2, -0.15) is 0 Å². The Hall–Kier alpha value is -2.70. The van der Waals surface area contributed by atoms with E-state index in [2.05, 4.69) is 15.3 Å². The third-order valence-electron chi connectivity index (χ3n) is 4.43. The van der Waals surface area contributed by atoms with E-state index in [-0.39, 0.29) is 18.0 Å². The second-order valence-electron chi connectivity index (χ2n) is 6.64. The van der Waals surface area contributed by atoms with Crippen molar-refractivity contribution in [2.45, 2.75) is 20.4 Å². The average Bonchev–Trinajstić information content (AvgIpc) is 2.58. The number of H-pyrrole nitrogens is 1. The second-order valence-corrected chi connectivity index (χ2v) is 7.08. The third kappa shape index (κ3) is 4.53. The van der Waals surface area contributed by atoms with Gasteiger partial charge in [-0.15, -0.1) is 0 Å². The van der Waals surface area contributed by atoms with Crippen molar-refractivity contribution >= 4 is 34.1 Å². The Labute approximate surface area is 162 Å². The summed E-state index contributed by atoms with van der Waals surface area (Å²) in [6, 6.07) is 10.8. The van der Waals surface area contributed by atoms with E-state index in [1.807, 2.05) is 32.0 Å². The molecule has 1 amide bonds. The van der Waals surface area contributed by atoms with Crippen LogP contribution in [0.1, 0.15) is 17.0 Å². The number of halogens is 1. The number of amides is 1. The van der Waals surface area contributed by atoms with E-state index in [0.717, 1.165) is 16.8 Å². The SMILES string of the molecule is Cc1cccc(NC(=O)CN(C)Cc2nc3cc(Cl)ccc3c(=O)[nH]2)c1C. The zero-order valence-electron chi connectivity index (χ0n) is 15.5. The van der Waals surface area contributed by atoms with Crippen LogP contribution < -0.4 is 10.9 Å². The molecule has 3 rings (SSSR count). The molecule has 0 bridgehead atoms. The van der Waals surface area contributed by atoms with Crippen LogP contribution in [0.4, 0.5) is 5.69 Å². The highest BCUT2D eigenvalue weighted by Gasteiger charge is 2.12. The lowest BCUT2D eigenvalue weighted by atomic mass is 10.1. The first-order valence-corrected chi connectivity index (χ1v) is 8.94. The van der Waals surface area contributed by atoms with E-state index in [9.17, 15) is 9.59 Å². The molecule has 7 heteroatoms. The maximum absolute atomic E-state index is 12.3. The zero-order chi connectivity index (χ0) is 19.6. The molecule has 0 atom stereocenters. The maximum atomic E-state index is 12.3. The first-order chi connectivity index (χ1) is 12.8. The van der Waals surface area contributed by atoms with Crippen LogP contribution in [0.15, 0.2) is 41.2 Å². The lowest BCUT2D eigenvalue weighted by molar-refractivity contribution is -0.117. The summed E-state index contributed by atoms with van der Waals surface area (Å²) in [7, 11) is 1.80. The molecule has 2 aromatic carbocycles. The number of aryl methyl sites for hydroxylation is 1. The fourth-order valence-electron chi connectivity index (χ4n) is 2.87. The van der Waals surface area contributed by atoms with Crippen LogP contribution >= 0.6 is 11.6 Å². The van der Waals surface area contributed by atoms with Crippen molar-refractivity contribution in [2.24, 2.45) is 0 Å². The number of benzene rings is 2. The minimum atomic E-state index is -0.222. The normalized spacial score (nSPS) is 11.1. The summed E-state index contributed by atoms with van der Waals surface area (Å²) in [5.74, 6) is 0.356. The molecule has 0 radical (unpaired) electrons. The van der Waals surface area contributed by atoms with E-state index < -0.39 is 0 Å². The van der Waals surface area contributed by atoms with E-state index in [1.165, 1.54) is 0 Å². The average molecular weight is 385 g/mol. The topological polar surface area (TPSA) is 78.1 Å². The van der Waals surface area contributed by atoms with Crippen LogP contribution in [0.3, 0.4) is 0 Å².